The molecule has 5 heteroatoms. The van der Waals surface area contributed by atoms with E-state index in [9.17, 15) is 0 Å². The average molecular weight is 292 g/mol. The Balaban J connectivity index is 2.19. The van der Waals surface area contributed by atoms with Crippen molar-refractivity contribution in [3.05, 3.63) is 40.6 Å². The molecule has 2 aromatic rings. The Labute approximate surface area is 108 Å². The van der Waals surface area contributed by atoms with Gasteiger partial charge in [-0.15, -0.1) is 0 Å². The van der Waals surface area contributed by atoms with Crippen LogP contribution in [0.3, 0.4) is 0 Å². The van der Waals surface area contributed by atoms with Crippen LogP contribution in [-0.2, 0) is 6.54 Å². The van der Waals surface area contributed by atoms with E-state index in [1.165, 1.54) is 0 Å². The molecule has 0 spiro atoms. The number of hydrogen-bond donors (Lipinski definition) is 0. The van der Waals surface area contributed by atoms with Gasteiger partial charge in [-0.1, -0.05) is 0 Å². The zero-order valence-corrected chi connectivity index (χ0v) is 10.8. The van der Waals surface area contributed by atoms with E-state index in [-0.39, 0.29) is 0 Å². The summed E-state index contributed by atoms with van der Waals surface area (Å²) in [5.41, 5.74) is 0.585. The van der Waals surface area contributed by atoms with Crippen LogP contribution in [0.1, 0.15) is 12.5 Å². The van der Waals surface area contributed by atoms with E-state index in [0.717, 1.165) is 11.0 Å². The van der Waals surface area contributed by atoms with Crippen molar-refractivity contribution >= 4 is 15.9 Å². The van der Waals surface area contributed by atoms with Crippen LogP contribution < -0.4 is 4.74 Å². The third kappa shape index (κ3) is 2.66. The van der Waals surface area contributed by atoms with Gasteiger partial charge < -0.3 is 4.74 Å². The highest BCUT2D eigenvalue weighted by molar-refractivity contribution is 9.10. The van der Waals surface area contributed by atoms with Crippen molar-refractivity contribution in [2.45, 2.75) is 13.5 Å². The van der Waals surface area contributed by atoms with Crippen molar-refractivity contribution in [2.24, 2.45) is 0 Å². The third-order valence-electron chi connectivity index (χ3n) is 2.23. The van der Waals surface area contributed by atoms with Gasteiger partial charge in [0, 0.05) is 11.0 Å². The zero-order chi connectivity index (χ0) is 12.3. The highest BCUT2D eigenvalue weighted by Crippen LogP contribution is 2.26. The molecule has 0 atom stereocenters. The molecule has 1 aromatic heterocycles. The fourth-order valence-corrected chi connectivity index (χ4v) is 1.80. The summed E-state index contributed by atoms with van der Waals surface area (Å²) in [7, 11) is 0. The monoisotopic (exact) mass is 291 g/mol. The maximum Gasteiger partial charge on any atom is 0.165 e. The molecule has 86 valence electrons. The summed E-state index contributed by atoms with van der Waals surface area (Å²) >= 11 is 3.32. The van der Waals surface area contributed by atoms with Gasteiger partial charge in [0.1, 0.15) is 11.8 Å². The third-order valence-corrected chi connectivity index (χ3v) is 2.89. The number of nitrogens with zero attached hydrogens (tertiary/aromatic N) is 3. The van der Waals surface area contributed by atoms with Gasteiger partial charge in [0.2, 0.25) is 0 Å². The van der Waals surface area contributed by atoms with Crippen molar-refractivity contribution in [3.63, 3.8) is 0 Å². The van der Waals surface area contributed by atoms with E-state index in [2.05, 4.69) is 27.1 Å². The fourth-order valence-electron chi connectivity index (χ4n) is 1.36. The molecule has 0 bridgehead atoms. The number of aromatic nitrogens is 2. The quantitative estimate of drug-likeness (QED) is 0.871. The summed E-state index contributed by atoms with van der Waals surface area (Å²) in [6.07, 6.45) is 3.49. The van der Waals surface area contributed by atoms with Crippen LogP contribution in [0.2, 0.25) is 0 Å². The summed E-state index contributed by atoms with van der Waals surface area (Å²) in [4.78, 5) is 0. The van der Waals surface area contributed by atoms with Crippen molar-refractivity contribution in [1.82, 2.24) is 9.78 Å². The van der Waals surface area contributed by atoms with Crippen molar-refractivity contribution in [2.75, 3.05) is 0 Å². The predicted octanol–water partition coefficient (Wildman–Crippen LogP) is 3.33. The van der Waals surface area contributed by atoms with Gasteiger partial charge in [-0.25, -0.2) is 0 Å². The second-order valence-electron chi connectivity index (χ2n) is 3.39. The SMILES string of the molecule is CCn1cc(Oc2ccc(C#N)c(Br)c2)cn1. The predicted molar refractivity (Wildman–Crippen MR) is 66.8 cm³/mol. The minimum Gasteiger partial charge on any atom is -0.454 e. The molecule has 0 aliphatic heterocycles. The molecule has 0 unspecified atom stereocenters. The largest absolute Gasteiger partial charge is 0.454 e. The molecule has 0 aliphatic carbocycles. The first-order chi connectivity index (χ1) is 8.22. The van der Waals surface area contributed by atoms with Crippen LogP contribution >= 0.6 is 15.9 Å². The topological polar surface area (TPSA) is 50.8 Å². The first kappa shape index (κ1) is 11.7. The Morgan fingerprint density at radius 3 is 2.88 bits per heavy atom. The summed E-state index contributed by atoms with van der Waals surface area (Å²) < 4.78 is 8.13. The Bertz CT molecular complexity index is 571. The number of rotatable bonds is 3. The van der Waals surface area contributed by atoms with E-state index in [0.29, 0.717) is 17.1 Å². The molecule has 0 N–H and O–H groups in total. The molecular formula is C12H10BrN3O. The number of nitriles is 1. The van der Waals surface area contributed by atoms with Gasteiger partial charge in [-0.3, -0.25) is 4.68 Å². The zero-order valence-electron chi connectivity index (χ0n) is 9.22. The Kier molecular flexibility index (Phi) is 3.45. The second kappa shape index (κ2) is 5.02. The molecule has 0 saturated heterocycles. The molecule has 0 fully saturated rings. The first-order valence-corrected chi connectivity index (χ1v) is 5.92. The van der Waals surface area contributed by atoms with Gasteiger partial charge in [0.25, 0.3) is 0 Å². The molecular weight excluding hydrogens is 282 g/mol. The van der Waals surface area contributed by atoms with Crippen LogP contribution in [0, 0.1) is 11.3 Å². The molecule has 17 heavy (non-hydrogen) atoms. The minimum absolute atomic E-state index is 0.585. The highest BCUT2D eigenvalue weighted by Gasteiger charge is 2.04. The summed E-state index contributed by atoms with van der Waals surface area (Å²) in [5, 5.41) is 12.9. The van der Waals surface area contributed by atoms with Gasteiger partial charge in [0.15, 0.2) is 5.75 Å². The average Bonchev–Trinajstić information content (AvgIpc) is 2.77. The van der Waals surface area contributed by atoms with E-state index in [1.807, 2.05) is 13.1 Å². The van der Waals surface area contributed by atoms with Crippen molar-refractivity contribution < 1.29 is 4.74 Å². The van der Waals surface area contributed by atoms with E-state index in [4.69, 9.17) is 10.00 Å². The molecule has 0 saturated carbocycles. The van der Waals surface area contributed by atoms with E-state index >= 15 is 0 Å². The van der Waals surface area contributed by atoms with Gasteiger partial charge in [-0.05, 0) is 41.1 Å². The maximum atomic E-state index is 8.80. The lowest BCUT2D eigenvalue weighted by molar-refractivity contribution is 0.481. The lowest BCUT2D eigenvalue weighted by Crippen LogP contribution is -1.92. The Hall–Kier alpha value is -1.80. The van der Waals surface area contributed by atoms with Crippen LogP contribution in [0.15, 0.2) is 35.1 Å². The lowest BCUT2D eigenvalue weighted by atomic mass is 10.2. The van der Waals surface area contributed by atoms with Crippen LogP contribution in [0.25, 0.3) is 0 Å². The van der Waals surface area contributed by atoms with Gasteiger partial charge in [-0.2, -0.15) is 10.4 Å². The number of halogens is 1. The van der Waals surface area contributed by atoms with E-state index < -0.39 is 0 Å². The first-order valence-electron chi connectivity index (χ1n) is 5.13. The fraction of sp³-hybridized carbons (Fsp3) is 0.167. The molecule has 4 nitrogen and oxygen atoms in total. The molecule has 2 rings (SSSR count). The van der Waals surface area contributed by atoms with Gasteiger partial charge in [0.05, 0.1) is 18.0 Å². The molecule has 0 aliphatic rings. The minimum atomic E-state index is 0.585. The summed E-state index contributed by atoms with van der Waals surface area (Å²) in [6, 6.07) is 7.31. The number of aryl methyl sites for hydroxylation is 1. The molecule has 0 amide bonds. The maximum absolute atomic E-state index is 8.80. The van der Waals surface area contributed by atoms with Crippen LogP contribution in [0.4, 0.5) is 0 Å². The summed E-state index contributed by atoms with van der Waals surface area (Å²) in [5.74, 6) is 1.36. The lowest BCUT2D eigenvalue weighted by Gasteiger charge is -2.03. The smallest absolute Gasteiger partial charge is 0.165 e. The molecule has 0 radical (unpaired) electrons. The van der Waals surface area contributed by atoms with E-state index in [1.54, 1.807) is 29.1 Å². The van der Waals surface area contributed by atoms with Crippen molar-refractivity contribution in [1.29, 1.82) is 5.26 Å². The second-order valence-corrected chi connectivity index (χ2v) is 4.24. The number of benzene rings is 1. The number of ether oxygens (including phenoxy) is 1. The van der Waals surface area contributed by atoms with Crippen LogP contribution in [0.5, 0.6) is 11.5 Å². The number of hydrogen-bond acceptors (Lipinski definition) is 3. The van der Waals surface area contributed by atoms with Crippen molar-refractivity contribution in [3.8, 4) is 17.6 Å². The van der Waals surface area contributed by atoms with Gasteiger partial charge >= 0.3 is 0 Å². The van der Waals surface area contributed by atoms with Crippen LogP contribution in [-0.4, -0.2) is 9.78 Å². The normalized spacial score (nSPS) is 9.94. The summed E-state index contributed by atoms with van der Waals surface area (Å²) in [6.45, 7) is 2.81. The standard InChI is InChI=1S/C12H10BrN3O/c1-2-16-8-11(7-15-16)17-10-4-3-9(6-14)12(13)5-10/h3-5,7-8H,2H2,1H3. The molecule has 1 aromatic carbocycles. The Morgan fingerprint density at radius 1 is 1.47 bits per heavy atom. The highest BCUT2D eigenvalue weighted by atomic mass is 79.9. The Morgan fingerprint density at radius 2 is 2.29 bits per heavy atom. The molecule has 1 heterocycles.